The summed E-state index contributed by atoms with van der Waals surface area (Å²) in [4.78, 5) is 22.7. The molecule has 6 heteroatoms. The third-order valence-electron chi connectivity index (χ3n) is 5.05. The Morgan fingerprint density at radius 2 is 2.07 bits per heavy atom. The molecule has 154 valence electrons. The lowest BCUT2D eigenvalue weighted by Crippen LogP contribution is -2.33. The van der Waals surface area contributed by atoms with Gasteiger partial charge >= 0.3 is 5.97 Å². The maximum atomic E-state index is 12.2. The van der Waals surface area contributed by atoms with Crippen LogP contribution in [0, 0.1) is 17.3 Å². The zero-order chi connectivity index (χ0) is 20.4. The number of ketones is 1. The van der Waals surface area contributed by atoms with Gasteiger partial charge in [0.1, 0.15) is 5.78 Å². The molecule has 1 saturated carbocycles. The molecule has 0 aliphatic heterocycles. The minimum atomic E-state index is -0.812. The molecule has 3 N–H and O–H groups in total. The second-order valence-corrected chi connectivity index (χ2v) is 7.87. The minimum Gasteiger partial charge on any atom is -0.481 e. The fraction of sp³-hybridized carbons (Fsp3) is 0.714. The summed E-state index contributed by atoms with van der Waals surface area (Å²) in [7, 11) is 0. The number of carboxylic acid groups (broad SMARTS) is 1. The summed E-state index contributed by atoms with van der Waals surface area (Å²) >= 11 is 0. The number of aliphatic hydroxyl groups excluding tert-OH is 2. The third kappa shape index (κ3) is 7.95. The number of allylic oxidation sites excluding steroid dienone is 2. The molecule has 4 atom stereocenters. The van der Waals surface area contributed by atoms with Crippen molar-refractivity contribution in [3.8, 4) is 0 Å². The molecule has 0 spiro atoms. The zero-order valence-electron chi connectivity index (χ0n) is 16.6. The number of hydrogen-bond acceptors (Lipinski definition) is 5. The molecule has 0 aromatic carbocycles. The van der Waals surface area contributed by atoms with Crippen LogP contribution >= 0.6 is 0 Å². The van der Waals surface area contributed by atoms with E-state index in [0.717, 1.165) is 0 Å². The van der Waals surface area contributed by atoms with Crippen molar-refractivity contribution in [2.75, 3.05) is 13.2 Å². The normalized spacial score (nSPS) is 24.9. The summed E-state index contributed by atoms with van der Waals surface area (Å²) in [6.07, 6.45) is 7.72. The number of carbonyl (C=O) groups excluding carboxylic acids is 1. The first kappa shape index (κ1) is 23.5. The molecule has 1 fully saturated rings. The monoisotopic (exact) mass is 382 g/mol. The SMILES string of the molecule is CCOCC(C)(C)[C@H](O)/C=C/[C@H]1[C@H](O)CC(=O)[C@@H]1C/C=C\CCCC(=O)O. The van der Waals surface area contributed by atoms with Crippen molar-refractivity contribution in [3.05, 3.63) is 24.3 Å². The lowest BCUT2D eigenvalue weighted by Gasteiger charge is -2.28. The number of aliphatic hydroxyl groups is 2. The summed E-state index contributed by atoms with van der Waals surface area (Å²) in [6, 6.07) is 0. The van der Waals surface area contributed by atoms with Crippen LogP contribution in [0.2, 0.25) is 0 Å². The van der Waals surface area contributed by atoms with Crippen LogP contribution in [0.25, 0.3) is 0 Å². The van der Waals surface area contributed by atoms with E-state index >= 15 is 0 Å². The first-order chi connectivity index (χ1) is 12.7. The van der Waals surface area contributed by atoms with E-state index in [1.165, 1.54) is 0 Å². The van der Waals surface area contributed by atoms with Crippen molar-refractivity contribution in [1.82, 2.24) is 0 Å². The molecular weight excluding hydrogens is 348 g/mol. The molecule has 1 aliphatic rings. The predicted molar refractivity (Wildman–Crippen MR) is 103 cm³/mol. The lowest BCUT2D eigenvalue weighted by atomic mass is 9.85. The molecule has 0 heterocycles. The van der Waals surface area contributed by atoms with Gasteiger partial charge in [-0.1, -0.05) is 38.2 Å². The molecule has 0 aromatic rings. The fourth-order valence-corrected chi connectivity index (χ4v) is 3.20. The van der Waals surface area contributed by atoms with Gasteiger partial charge in [0, 0.05) is 36.7 Å². The maximum Gasteiger partial charge on any atom is 0.303 e. The number of ether oxygens (including phenoxy) is 1. The van der Waals surface area contributed by atoms with Gasteiger partial charge in [0.15, 0.2) is 0 Å². The summed E-state index contributed by atoms with van der Waals surface area (Å²) < 4.78 is 5.41. The van der Waals surface area contributed by atoms with Crippen LogP contribution in [0.3, 0.4) is 0 Å². The Balaban J connectivity index is 2.63. The van der Waals surface area contributed by atoms with Crippen LogP contribution in [-0.4, -0.2) is 52.5 Å². The minimum absolute atomic E-state index is 0.0235. The highest BCUT2D eigenvalue weighted by molar-refractivity contribution is 5.84. The number of unbranched alkanes of at least 4 members (excludes halogenated alkanes) is 1. The zero-order valence-corrected chi connectivity index (χ0v) is 16.6. The topological polar surface area (TPSA) is 104 Å². The van der Waals surface area contributed by atoms with Crippen LogP contribution in [0.15, 0.2) is 24.3 Å². The van der Waals surface area contributed by atoms with Crippen LogP contribution in [0.5, 0.6) is 0 Å². The number of hydrogen-bond donors (Lipinski definition) is 3. The van der Waals surface area contributed by atoms with Gasteiger partial charge in [0.05, 0.1) is 18.8 Å². The molecule has 0 bridgehead atoms. The van der Waals surface area contributed by atoms with Crippen molar-refractivity contribution >= 4 is 11.8 Å². The smallest absolute Gasteiger partial charge is 0.303 e. The van der Waals surface area contributed by atoms with E-state index in [2.05, 4.69) is 0 Å². The largest absolute Gasteiger partial charge is 0.481 e. The van der Waals surface area contributed by atoms with E-state index in [9.17, 15) is 19.8 Å². The average Bonchev–Trinajstić information content (AvgIpc) is 2.86. The van der Waals surface area contributed by atoms with Crippen LogP contribution < -0.4 is 0 Å². The average molecular weight is 382 g/mol. The van der Waals surface area contributed by atoms with Crippen molar-refractivity contribution in [2.45, 2.75) is 65.1 Å². The molecule has 0 saturated heterocycles. The highest BCUT2D eigenvalue weighted by Gasteiger charge is 2.39. The van der Waals surface area contributed by atoms with Crippen molar-refractivity contribution in [2.24, 2.45) is 17.3 Å². The van der Waals surface area contributed by atoms with E-state index in [4.69, 9.17) is 9.84 Å². The summed E-state index contributed by atoms with van der Waals surface area (Å²) in [5.74, 6) is -1.42. The van der Waals surface area contributed by atoms with Crippen LogP contribution in [0.1, 0.15) is 52.9 Å². The molecule has 0 radical (unpaired) electrons. The van der Waals surface area contributed by atoms with Gasteiger partial charge in [-0.2, -0.15) is 0 Å². The van der Waals surface area contributed by atoms with Gasteiger partial charge in [-0.15, -0.1) is 0 Å². The van der Waals surface area contributed by atoms with E-state index < -0.39 is 23.6 Å². The van der Waals surface area contributed by atoms with Gasteiger partial charge in [-0.25, -0.2) is 0 Å². The van der Waals surface area contributed by atoms with Crippen LogP contribution in [-0.2, 0) is 14.3 Å². The summed E-state index contributed by atoms with van der Waals surface area (Å²) in [5.41, 5.74) is -0.459. The highest BCUT2D eigenvalue weighted by Crippen LogP contribution is 2.34. The molecular formula is C21H34O6. The quantitative estimate of drug-likeness (QED) is 0.354. The Labute approximate surface area is 161 Å². The second-order valence-electron chi connectivity index (χ2n) is 7.87. The first-order valence-electron chi connectivity index (χ1n) is 9.70. The van der Waals surface area contributed by atoms with Gasteiger partial charge in [0.2, 0.25) is 0 Å². The Bertz CT molecular complexity index is 537. The van der Waals surface area contributed by atoms with Gasteiger partial charge in [0.25, 0.3) is 0 Å². The molecule has 0 amide bonds. The number of aliphatic carboxylic acids is 1. The predicted octanol–water partition coefficient (Wildman–Crippen LogP) is 2.73. The standard InChI is InChI=1S/C21H34O6/c1-4-27-14-21(2,3)19(24)12-11-16-15(17(22)13-18(16)23)9-7-5-6-8-10-20(25)26/h5,7,11-12,15-16,18-19,23-24H,4,6,8-10,13-14H2,1-3H3,(H,25,26)/b7-5-,12-11+/t15-,16-,18-,19-/m1/s1. The molecule has 0 aromatic heterocycles. The Morgan fingerprint density at radius 1 is 1.37 bits per heavy atom. The lowest BCUT2D eigenvalue weighted by molar-refractivity contribution is -0.137. The van der Waals surface area contributed by atoms with E-state index in [1.807, 2.05) is 32.9 Å². The van der Waals surface area contributed by atoms with Gasteiger partial charge in [-0.05, 0) is 26.2 Å². The fourth-order valence-electron chi connectivity index (χ4n) is 3.20. The number of carbonyl (C=O) groups is 2. The Kier molecular flexibility index (Phi) is 9.91. The first-order valence-corrected chi connectivity index (χ1v) is 9.70. The number of Topliss-reactive ketones (excluding diaryl/α,β-unsaturated/α-hetero) is 1. The van der Waals surface area contributed by atoms with E-state index in [0.29, 0.717) is 32.5 Å². The Hall–Kier alpha value is -1.50. The summed E-state index contributed by atoms with van der Waals surface area (Å²) in [5, 5.41) is 29.3. The molecule has 1 aliphatic carbocycles. The highest BCUT2D eigenvalue weighted by atomic mass is 16.5. The Morgan fingerprint density at radius 3 is 2.70 bits per heavy atom. The van der Waals surface area contributed by atoms with Crippen molar-refractivity contribution in [1.29, 1.82) is 0 Å². The number of rotatable bonds is 12. The molecule has 27 heavy (non-hydrogen) atoms. The second kappa shape index (κ2) is 11.4. The summed E-state index contributed by atoms with van der Waals surface area (Å²) in [6.45, 7) is 6.72. The molecule has 1 rings (SSSR count). The third-order valence-corrected chi connectivity index (χ3v) is 5.05. The van der Waals surface area contributed by atoms with Crippen molar-refractivity contribution < 1.29 is 29.6 Å². The van der Waals surface area contributed by atoms with Crippen LogP contribution in [0.4, 0.5) is 0 Å². The van der Waals surface area contributed by atoms with E-state index in [-0.39, 0.29) is 30.5 Å². The molecule has 6 nitrogen and oxygen atoms in total. The van der Waals surface area contributed by atoms with Gasteiger partial charge < -0.3 is 20.1 Å². The van der Waals surface area contributed by atoms with Gasteiger partial charge in [-0.3, -0.25) is 9.59 Å². The van der Waals surface area contributed by atoms with Crippen molar-refractivity contribution in [3.63, 3.8) is 0 Å². The van der Waals surface area contributed by atoms with E-state index in [1.54, 1.807) is 12.2 Å². The maximum absolute atomic E-state index is 12.2. The molecule has 0 unspecified atom stereocenters. The number of carboxylic acids is 1.